The molecular weight excluding hydrogens is 228 g/mol. The van der Waals surface area contributed by atoms with Gasteiger partial charge in [-0.15, -0.1) is 0 Å². The molecule has 4 heteroatoms. The van der Waals surface area contributed by atoms with Crippen molar-refractivity contribution < 1.29 is 9.59 Å². The van der Waals surface area contributed by atoms with Crippen molar-refractivity contribution in [3.05, 3.63) is 0 Å². The quantitative estimate of drug-likeness (QED) is 0.710. The van der Waals surface area contributed by atoms with E-state index in [1.807, 2.05) is 0 Å². The van der Waals surface area contributed by atoms with Gasteiger partial charge in [-0.2, -0.15) is 0 Å². The Labute approximate surface area is 108 Å². The van der Waals surface area contributed by atoms with Crippen molar-refractivity contribution in [2.24, 2.45) is 17.8 Å². The molecule has 1 N–H and O–H groups in total. The zero-order valence-electron chi connectivity index (χ0n) is 11.0. The van der Waals surface area contributed by atoms with Crippen LogP contribution in [0, 0.1) is 17.8 Å². The van der Waals surface area contributed by atoms with E-state index >= 15 is 0 Å². The van der Waals surface area contributed by atoms with E-state index in [0.717, 1.165) is 45.2 Å². The number of amides is 2. The number of nitrogens with one attached hydrogen (secondary N) is 1. The normalized spacial score (nSPS) is 41.1. The zero-order chi connectivity index (χ0) is 12.7. The monoisotopic (exact) mass is 250 g/mol. The summed E-state index contributed by atoms with van der Waals surface area (Å²) in [6.45, 7) is 3.94. The van der Waals surface area contributed by atoms with Crippen LogP contribution in [0.15, 0.2) is 0 Å². The van der Waals surface area contributed by atoms with Gasteiger partial charge in [0.2, 0.25) is 11.8 Å². The molecule has 100 valence electrons. The van der Waals surface area contributed by atoms with Crippen molar-refractivity contribution in [1.82, 2.24) is 10.2 Å². The van der Waals surface area contributed by atoms with Crippen molar-refractivity contribution in [2.75, 3.05) is 13.1 Å². The maximum Gasteiger partial charge on any atom is 0.233 e. The molecule has 3 rings (SSSR count). The van der Waals surface area contributed by atoms with Crippen molar-refractivity contribution >= 4 is 11.8 Å². The number of imide groups is 1. The smallest absolute Gasteiger partial charge is 0.233 e. The standard InChI is InChI=1S/C14H22N2O2/c1-9-6-11-12(7-9)14(18)16(13(11)17)10-4-2-3-5-15-8-10/h9-12,15H,2-8H2,1H3. The SMILES string of the molecule is CC1CC2C(=O)N(C3CCCCNC3)C(=O)C2C1. The molecule has 3 aliphatic rings. The number of likely N-dealkylation sites (tertiary alicyclic amines) is 1. The highest BCUT2D eigenvalue weighted by Crippen LogP contribution is 2.43. The number of rotatable bonds is 1. The molecule has 0 bridgehead atoms. The number of hydrogen-bond donors (Lipinski definition) is 1. The largest absolute Gasteiger partial charge is 0.315 e. The molecule has 1 aliphatic carbocycles. The zero-order valence-corrected chi connectivity index (χ0v) is 11.0. The molecule has 0 radical (unpaired) electrons. The Balaban J connectivity index is 1.77. The molecule has 3 unspecified atom stereocenters. The van der Waals surface area contributed by atoms with E-state index in [0.29, 0.717) is 5.92 Å². The lowest BCUT2D eigenvalue weighted by Gasteiger charge is -2.26. The van der Waals surface area contributed by atoms with Crippen LogP contribution < -0.4 is 5.32 Å². The van der Waals surface area contributed by atoms with Crippen molar-refractivity contribution in [2.45, 2.75) is 45.1 Å². The van der Waals surface area contributed by atoms with Crippen LogP contribution >= 0.6 is 0 Å². The average Bonchev–Trinajstić information content (AvgIpc) is 2.69. The van der Waals surface area contributed by atoms with Gasteiger partial charge in [-0.1, -0.05) is 13.3 Å². The molecule has 0 spiro atoms. The van der Waals surface area contributed by atoms with E-state index in [2.05, 4.69) is 12.2 Å². The van der Waals surface area contributed by atoms with Crippen LogP contribution in [0.1, 0.15) is 39.0 Å². The lowest BCUT2D eigenvalue weighted by molar-refractivity contribution is -0.143. The molecule has 18 heavy (non-hydrogen) atoms. The van der Waals surface area contributed by atoms with Gasteiger partial charge in [-0.25, -0.2) is 0 Å². The molecule has 4 nitrogen and oxygen atoms in total. The molecule has 3 fully saturated rings. The van der Waals surface area contributed by atoms with Gasteiger partial charge in [-0.3, -0.25) is 14.5 Å². The van der Waals surface area contributed by atoms with Gasteiger partial charge in [0.15, 0.2) is 0 Å². The summed E-state index contributed by atoms with van der Waals surface area (Å²) in [5.74, 6) is 0.750. The summed E-state index contributed by atoms with van der Waals surface area (Å²) in [6.07, 6.45) is 5.05. The van der Waals surface area contributed by atoms with Crippen LogP contribution in [0.4, 0.5) is 0 Å². The van der Waals surface area contributed by atoms with Crippen molar-refractivity contribution in [1.29, 1.82) is 0 Å². The highest BCUT2D eigenvalue weighted by Gasteiger charge is 2.53. The van der Waals surface area contributed by atoms with Crippen LogP contribution in [-0.4, -0.2) is 35.8 Å². The minimum Gasteiger partial charge on any atom is -0.315 e. The molecule has 2 saturated heterocycles. The molecule has 2 amide bonds. The van der Waals surface area contributed by atoms with E-state index in [1.54, 1.807) is 4.90 Å². The van der Waals surface area contributed by atoms with Gasteiger partial charge in [0.05, 0.1) is 17.9 Å². The van der Waals surface area contributed by atoms with Gasteiger partial charge in [0.25, 0.3) is 0 Å². The molecular formula is C14H22N2O2. The third-order valence-corrected chi connectivity index (χ3v) is 4.79. The summed E-state index contributed by atoms with van der Waals surface area (Å²) in [7, 11) is 0. The number of hydrogen-bond acceptors (Lipinski definition) is 3. The second kappa shape index (κ2) is 4.65. The van der Waals surface area contributed by atoms with Crippen molar-refractivity contribution in [3.8, 4) is 0 Å². The summed E-state index contributed by atoms with van der Waals surface area (Å²) in [5.41, 5.74) is 0. The molecule has 2 heterocycles. The first kappa shape index (κ1) is 12.2. The Morgan fingerprint density at radius 1 is 1.11 bits per heavy atom. The Morgan fingerprint density at radius 3 is 2.44 bits per heavy atom. The summed E-state index contributed by atoms with van der Waals surface area (Å²) >= 11 is 0. The summed E-state index contributed by atoms with van der Waals surface area (Å²) in [4.78, 5) is 26.5. The predicted octanol–water partition coefficient (Wildman–Crippen LogP) is 1.16. The fourth-order valence-corrected chi connectivity index (χ4v) is 3.88. The molecule has 1 saturated carbocycles. The molecule has 0 aromatic heterocycles. The third-order valence-electron chi connectivity index (χ3n) is 4.79. The van der Waals surface area contributed by atoms with Crippen molar-refractivity contribution in [3.63, 3.8) is 0 Å². The van der Waals surface area contributed by atoms with E-state index < -0.39 is 0 Å². The minimum absolute atomic E-state index is 0.00393. The third kappa shape index (κ3) is 1.87. The van der Waals surface area contributed by atoms with E-state index in [9.17, 15) is 9.59 Å². The first-order chi connectivity index (χ1) is 8.68. The second-order valence-electron chi connectivity index (χ2n) is 6.19. The van der Waals surface area contributed by atoms with Crippen LogP contribution in [0.3, 0.4) is 0 Å². The maximum atomic E-state index is 12.4. The number of nitrogens with zero attached hydrogens (tertiary/aromatic N) is 1. The second-order valence-corrected chi connectivity index (χ2v) is 6.19. The summed E-state index contributed by atoms with van der Waals surface area (Å²) in [6, 6.07) is 0.105. The maximum absolute atomic E-state index is 12.4. The van der Waals surface area contributed by atoms with Gasteiger partial charge in [0.1, 0.15) is 0 Å². The number of fused-ring (bicyclic) bond motifs is 1. The summed E-state index contributed by atoms with van der Waals surface area (Å²) < 4.78 is 0. The van der Waals surface area contributed by atoms with Gasteiger partial charge in [-0.05, 0) is 38.1 Å². The van der Waals surface area contributed by atoms with E-state index in [-0.39, 0.29) is 29.7 Å². The van der Waals surface area contributed by atoms with Crippen LogP contribution in [-0.2, 0) is 9.59 Å². The highest BCUT2D eigenvalue weighted by atomic mass is 16.2. The molecule has 3 atom stereocenters. The molecule has 0 aromatic carbocycles. The fraction of sp³-hybridized carbons (Fsp3) is 0.857. The Hall–Kier alpha value is -0.900. The predicted molar refractivity (Wildman–Crippen MR) is 67.7 cm³/mol. The van der Waals surface area contributed by atoms with Gasteiger partial charge >= 0.3 is 0 Å². The highest BCUT2D eigenvalue weighted by molar-refractivity contribution is 6.05. The van der Waals surface area contributed by atoms with Crippen LogP contribution in [0.5, 0.6) is 0 Å². The Morgan fingerprint density at radius 2 is 1.78 bits per heavy atom. The minimum atomic E-state index is -0.00393. The first-order valence-electron chi connectivity index (χ1n) is 7.26. The Bertz CT molecular complexity index is 337. The van der Waals surface area contributed by atoms with Gasteiger partial charge in [0, 0.05) is 6.54 Å². The lowest BCUT2D eigenvalue weighted by atomic mass is 10.00. The first-order valence-corrected chi connectivity index (χ1v) is 7.26. The van der Waals surface area contributed by atoms with Crippen LogP contribution in [0.25, 0.3) is 0 Å². The van der Waals surface area contributed by atoms with E-state index in [1.165, 1.54) is 0 Å². The topological polar surface area (TPSA) is 49.4 Å². The van der Waals surface area contributed by atoms with E-state index in [4.69, 9.17) is 0 Å². The van der Waals surface area contributed by atoms with Gasteiger partial charge < -0.3 is 5.32 Å². The Kier molecular flexibility index (Phi) is 3.14. The van der Waals surface area contributed by atoms with Crippen LogP contribution in [0.2, 0.25) is 0 Å². The number of carbonyl (C=O) groups excluding carboxylic acids is 2. The average molecular weight is 250 g/mol. The molecule has 0 aromatic rings. The lowest BCUT2D eigenvalue weighted by Crippen LogP contribution is -2.45. The molecule has 2 aliphatic heterocycles. The fourth-order valence-electron chi connectivity index (χ4n) is 3.88. The summed E-state index contributed by atoms with van der Waals surface area (Å²) in [5, 5.41) is 3.34. The number of carbonyl (C=O) groups is 2.